The smallest absolute Gasteiger partial charge is 0.163 e. The quantitative estimate of drug-likeness (QED) is 0.0620. The summed E-state index contributed by atoms with van der Waals surface area (Å²) < 4.78 is 5.36. The molecule has 2 unspecified atom stereocenters. The zero-order chi connectivity index (χ0) is 35.1. The van der Waals surface area contributed by atoms with Crippen LogP contribution in [0, 0.1) is 25.7 Å². The highest BCUT2D eigenvalue weighted by Gasteiger charge is 2.17. The molecule has 48 heavy (non-hydrogen) atoms. The largest absolute Gasteiger partial charge is 0.504 e. The summed E-state index contributed by atoms with van der Waals surface area (Å²) in [6.07, 6.45) is 16.4. The molecule has 0 fully saturated rings. The van der Waals surface area contributed by atoms with Crippen LogP contribution < -0.4 is 21.1 Å². The van der Waals surface area contributed by atoms with Gasteiger partial charge in [-0.2, -0.15) is 0 Å². The molecule has 0 aromatic heterocycles. The Hall–Kier alpha value is -3.68. The van der Waals surface area contributed by atoms with Crippen LogP contribution in [0.2, 0.25) is 0 Å². The number of hydrogen-bond acceptors (Lipinski definition) is 7. The summed E-state index contributed by atoms with van der Waals surface area (Å²) in [4.78, 5) is 25.4. The standard InChI is InChI=1S/C41H59N3O4/c1-28(2)11-10-13-31(26-43-5)12-8-7-9-14-37(45)25-38(46)16-15-34-24-40(48-6)39(47)23-35(34)21-33-22-36(41(42)44-27-33)20-32-18-29(3)17-30(4)19-32/h15-19,22-24,27-28,31,41,43-44,47H,7-14,20-21,25-26,42H2,1-6H3. The summed E-state index contributed by atoms with van der Waals surface area (Å²) in [7, 11) is 3.51. The lowest BCUT2D eigenvalue weighted by molar-refractivity contribution is -0.124. The molecule has 0 saturated carbocycles. The van der Waals surface area contributed by atoms with Gasteiger partial charge in [-0.3, -0.25) is 9.59 Å². The minimum absolute atomic E-state index is 0.0203. The summed E-state index contributed by atoms with van der Waals surface area (Å²) in [5, 5.41) is 17.2. The molecular formula is C41H59N3O4. The summed E-state index contributed by atoms with van der Waals surface area (Å²) >= 11 is 0. The number of dihydropyridines is 1. The molecule has 0 spiro atoms. The van der Waals surface area contributed by atoms with Gasteiger partial charge in [0, 0.05) is 12.6 Å². The molecule has 1 aliphatic heterocycles. The van der Waals surface area contributed by atoms with Gasteiger partial charge in [0.25, 0.3) is 0 Å². The second-order valence-electron chi connectivity index (χ2n) is 14.0. The number of methoxy groups -OCH3 is 1. The Kier molecular flexibility index (Phi) is 16.1. The average Bonchev–Trinajstić information content (AvgIpc) is 3.01. The number of aryl methyl sites for hydroxylation is 2. The Labute approximate surface area is 289 Å². The van der Waals surface area contributed by atoms with E-state index in [-0.39, 0.29) is 29.9 Å². The van der Waals surface area contributed by atoms with E-state index in [1.54, 1.807) is 18.2 Å². The van der Waals surface area contributed by atoms with Crippen LogP contribution in [0.5, 0.6) is 11.5 Å². The fourth-order valence-corrected chi connectivity index (χ4v) is 6.57. The second kappa shape index (κ2) is 20.0. The van der Waals surface area contributed by atoms with Crippen LogP contribution in [0.25, 0.3) is 6.08 Å². The van der Waals surface area contributed by atoms with Gasteiger partial charge in [0.2, 0.25) is 0 Å². The maximum Gasteiger partial charge on any atom is 0.163 e. The maximum atomic E-state index is 12.8. The van der Waals surface area contributed by atoms with Gasteiger partial charge in [-0.15, -0.1) is 0 Å². The van der Waals surface area contributed by atoms with E-state index in [1.165, 1.54) is 55.6 Å². The fraction of sp³-hybridized carbons (Fsp3) is 0.512. The number of rotatable bonds is 21. The van der Waals surface area contributed by atoms with E-state index in [4.69, 9.17) is 10.5 Å². The van der Waals surface area contributed by atoms with Crippen molar-refractivity contribution in [2.24, 2.45) is 17.6 Å². The number of aromatic hydroxyl groups is 1. The predicted octanol–water partition coefficient (Wildman–Crippen LogP) is 7.66. The molecule has 2 atom stereocenters. The summed E-state index contributed by atoms with van der Waals surface area (Å²) in [5.74, 6) is 1.54. The third-order valence-corrected chi connectivity index (χ3v) is 9.02. The minimum Gasteiger partial charge on any atom is -0.504 e. The van der Waals surface area contributed by atoms with Gasteiger partial charge < -0.3 is 26.2 Å². The molecule has 0 saturated heterocycles. The third-order valence-electron chi connectivity index (χ3n) is 9.02. The van der Waals surface area contributed by atoms with Gasteiger partial charge in [-0.1, -0.05) is 81.0 Å². The number of benzene rings is 2. The summed E-state index contributed by atoms with van der Waals surface area (Å²) in [5.41, 5.74) is 13.7. The van der Waals surface area contributed by atoms with Crippen LogP contribution in [0.3, 0.4) is 0 Å². The Morgan fingerprint density at radius 1 is 1.00 bits per heavy atom. The number of nitrogens with one attached hydrogen (secondary N) is 2. The molecular weight excluding hydrogens is 598 g/mol. The highest BCUT2D eigenvalue weighted by Crippen LogP contribution is 2.32. The Bertz CT molecular complexity index is 1440. The Morgan fingerprint density at radius 3 is 2.42 bits per heavy atom. The molecule has 0 bridgehead atoms. The number of Topliss-reactive ketones (excluding diaryl/α,β-unsaturated/α-hetero) is 1. The molecule has 7 heteroatoms. The van der Waals surface area contributed by atoms with Crippen molar-refractivity contribution in [3.63, 3.8) is 0 Å². The van der Waals surface area contributed by atoms with E-state index < -0.39 is 0 Å². The summed E-state index contributed by atoms with van der Waals surface area (Å²) in [6, 6.07) is 9.92. The topological polar surface area (TPSA) is 114 Å². The van der Waals surface area contributed by atoms with Gasteiger partial charge in [-0.05, 0) is 117 Å². The highest BCUT2D eigenvalue weighted by molar-refractivity contribution is 6.06. The van der Waals surface area contributed by atoms with Crippen LogP contribution in [-0.4, -0.2) is 43.5 Å². The van der Waals surface area contributed by atoms with E-state index in [0.29, 0.717) is 24.5 Å². The molecule has 2 aromatic rings. The molecule has 1 aliphatic rings. The SMILES string of the molecule is CNCC(CCCCCC(=O)CC(=O)C=Cc1cc(OC)c(O)cc1CC1=CNC(N)C(Cc2cc(C)cc(C)c2)=C1)CCCC(C)C. The van der Waals surface area contributed by atoms with Gasteiger partial charge in [0.05, 0.1) is 19.7 Å². The normalized spacial score (nSPS) is 15.3. The first-order valence-electron chi connectivity index (χ1n) is 17.7. The molecule has 2 aromatic carbocycles. The van der Waals surface area contributed by atoms with Crippen molar-refractivity contribution >= 4 is 17.6 Å². The van der Waals surface area contributed by atoms with Crippen LogP contribution in [-0.2, 0) is 22.4 Å². The first-order valence-corrected chi connectivity index (χ1v) is 17.7. The number of ether oxygens (including phenoxy) is 1. The second-order valence-corrected chi connectivity index (χ2v) is 14.0. The molecule has 5 N–H and O–H groups in total. The Balaban J connectivity index is 1.57. The van der Waals surface area contributed by atoms with E-state index in [0.717, 1.165) is 60.4 Å². The number of phenolic OH excluding ortho intramolecular Hbond substituents is 1. The zero-order valence-corrected chi connectivity index (χ0v) is 30.2. The highest BCUT2D eigenvalue weighted by atomic mass is 16.5. The fourth-order valence-electron chi connectivity index (χ4n) is 6.57. The van der Waals surface area contributed by atoms with Crippen molar-refractivity contribution in [1.29, 1.82) is 0 Å². The minimum atomic E-state index is -0.289. The Morgan fingerprint density at radius 2 is 1.73 bits per heavy atom. The molecule has 3 rings (SSSR count). The van der Waals surface area contributed by atoms with Crippen LogP contribution in [0.1, 0.15) is 99.5 Å². The van der Waals surface area contributed by atoms with Gasteiger partial charge in [0.15, 0.2) is 17.3 Å². The number of unbranched alkanes of at least 4 members (excludes halogenated alkanes) is 2. The number of nitrogens with two attached hydrogens (primary N) is 1. The molecule has 262 valence electrons. The monoisotopic (exact) mass is 657 g/mol. The average molecular weight is 658 g/mol. The number of phenols is 1. The number of ketones is 2. The van der Waals surface area contributed by atoms with Gasteiger partial charge in [0.1, 0.15) is 5.78 Å². The predicted molar refractivity (Wildman–Crippen MR) is 198 cm³/mol. The summed E-state index contributed by atoms with van der Waals surface area (Å²) in [6.45, 7) is 9.79. The van der Waals surface area contributed by atoms with Crippen molar-refractivity contribution < 1.29 is 19.4 Å². The number of allylic oxidation sites excluding steroid dienone is 3. The lowest BCUT2D eigenvalue weighted by atomic mass is 9.92. The van der Waals surface area contributed by atoms with Crippen LogP contribution in [0.4, 0.5) is 0 Å². The van der Waals surface area contributed by atoms with E-state index in [2.05, 4.69) is 62.6 Å². The van der Waals surface area contributed by atoms with Crippen molar-refractivity contribution in [3.8, 4) is 11.5 Å². The third kappa shape index (κ3) is 13.4. The number of carbonyl (C=O) groups excluding carboxylic acids is 2. The van der Waals surface area contributed by atoms with Crippen LogP contribution >= 0.6 is 0 Å². The molecule has 0 aliphatic carbocycles. The maximum absolute atomic E-state index is 12.8. The number of carbonyl (C=O) groups is 2. The number of hydrogen-bond donors (Lipinski definition) is 4. The lowest BCUT2D eigenvalue weighted by Gasteiger charge is -2.23. The first-order chi connectivity index (χ1) is 23.0. The molecule has 0 radical (unpaired) electrons. The van der Waals surface area contributed by atoms with E-state index in [1.807, 2.05) is 13.2 Å². The first kappa shape index (κ1) is 38.8. The van der Waals surface area contributed by atoms with Gasteiger partial charge >= 0.3 is 0 Å². The van der Waals surface area contributed by atoms with Crippen LogP contribution in [0.15, 0.2) is 59.8 Å². The van der Waals surface area contributed by atoms with E-state index in [9.17, 15) is 14.7 Å². The molecule has 1 heterocycles. The van der Waals surface area contributed by atoms with E-state index >= 15 is 0 Å². The van der Waals surface area contributed by atoms with Gasteiger partial charge in [-0.25, -0.2) is 0 Å². The van der Waals surface area contributed by atoms with Crippen molar-refractivity contribution in [3.05, 3.63) is 87.6 Å². The van der Waals surface area contributed by atoms with Crippen molar-refractivity contribution in [2.75, 3.05) is 20.7 Å². The molecule has 0 amide bonds. The van der Waals surface area contributed by atoms with Crippen molar-refractivity contribution in [1.82, 2.24) is 10.6 Å². The molecule has 7 nitrogen and oxygen atoms in total. The van der Waals surface area contributed by atoms with Crippen molar-refractivity contribution in [2.45, 2.75) is 104 Å². The zero-order valence-electron chi connectivity index (χ0n) is 30.2. The lowest BCUT2D eigenvalue weighted by Crippen LogP contribution is -2.38.